The number of carbonyl (C=O) groups excluding carboxylic acids is 1. The van der Waals surface area contributed by atoms with Crippen molar-refractivity contribution in [3.05, 3.63) is 21.9 Å². The molecule has 20 heavy (non-hydrogen) atoms. The predicted molar refractivity (Wildman–Crippen MR) is 82.0 cm³/mol. The quantitative estimate of drug-likeness (QED) is 0.589. The van der Waals surface area contributed by atoms with E-state index in [1.165, 1.54) is 50.9 Å². The summed E-state index contributed by atoms with van der Waals surface area (Å²) in [5, 5.41) is 3.47. The third-order valence-corrected chi connectivity index (χ3v) is 4.67. The summed E-state index contributed by atoms with van der Waals surface area (Å²) in [7, 11) is 1.43. The number of likely N-dealkylation sites (tertiary alicyclic amines) is 1. The Bertz CT molecular complexity index is 414. The molecule has 0 aromatic carbocycles. The lowest BCUT2D eigenvalue weighted by Crippen LogP contribution is -2.24. The molecular formula is C15H24N2O2S. The van der Waals surface area contributed by atoms with Gasteiger partial charge in [0.1, 0.15) is 0 Å². The van der Waals surface area contributed by atoms with Crippen LogP contribution in [0.25, 0.3) is 0 Å². The molecule has 1 saturated heterocycles. The van der Waals surface area contributed by atoms with Gasteiger partial charge >= 0.3 is 5.97 Å². The Morgan fingerprint density at radius 2 is 2.10 bits per heavy atom. The molecule has 1 aliphatic heterocycles. The van der Waals surface area contributed by atoms with Crippen molar-refractivity contribution in [1.82, 2.24) is 10.2 Å². The van der Waals surface area contributed by atoms with Crippen LogP contribution in [0.15, 0.2) is 12.1 Å². The van der Waals surface area contributed by atoms with E-state index >= 15 is 0 Å². The van der Waals surface area contributed by atoms with Crippen molar-refractivity contribution in [2.24, 2.45) is 0 Å². The number of rotatable bonds is 8. The van der Waals surface area contributed by atoms with Crippen LogP contribution in [0.4, 0.5) is 0 Å². The van der Waals surface area contributed by atoms with Crippen LogP contribution in [0.5, 0.6) is 0 Å². The Kier molecular flexibility index (Phi) is 6.50. The Hall–Kier alpha value is -0.910. The van der Waals surface area contributed by atoms with Crippen LogP contribution in [0, 0.1) is 0 Å². The molecule has 0 saturated carbocycles. The highest BCUT2D eigenvalue weighted by molar-refractivity contribution is 7.12. The molecule has 0 atom stereocenters. The molecule has 1 aliphatic rings. The molecule has 2 rings (SSSR count). The first-order valence-corrected chi connectivity index (χ1v) is 8.17. The molecule has 5 heteroatoms. The first-order valence-electron chi connectivity index (χ1n) is 7.35. The fourth-order valence-electron chi connectivity index (χ4n) is 2.47. The number of nitrogens with one attached hydrogen (secondary N) is 1. The predicted octanol–water partition coefficient (Wildman–Crippen LogP) is 2.04. The van der Waals surface area contributed by atoms with Crippen molar-refractivity contribution in [1.29, 1.82) is 0 Å². The summed E-state index contributed by atoms with van der Waals surface area (Å²) in [4.78, 5) is 16.1. The number of ether oxygens (including phenoxy) is 1. The first-order chi connectivity index (χ1) is 9.78. The highest BCUT2D eigenvalue weighted by atomic mass is 32.1. The largest absolute Gasteiger partial charge is 0.469 e. The monoisotopic (exact) mass is 296 g/mol. The molecule has 1 N–H and O–H groups in total. The van der Waals surface area contributed by atoms with Gasteiger partial charge in [0, 0.05) is 16.3 Å². The molecule has 0 aliphatic carbocycles. The van der Waals surface area contributed by atoms with Crippen LogP contribution in [0.3, 0.4) is 0 Å². The smallest absolute Gasteiger partial charge is 0.310 e. The van der Waals surface area contributed by atoms with Crippen LogP contribution in [0.2, 0.25) is 0 Å². The zero-order valence-electron chi connectivity index (χ0n) is 12.2. The molecule has 112 valence electrons. The number of methoxy groups -OCH3 is 1. The van der Waals surface area contributed by atoms with Gasteiger partial charge in [0.25, 0.3) is 0 Å². The Balaban J connectivity index is 1.58. The fraction of sp³-hybridized carbons (Fsp3) is 0.667. The number of thiophene rings is 1. The van der Waals surface area contributed by atoms with E-state index in [0.29, 0.717) is 6.42 Å². The van der Waals surface area contributed by atoms with Gasteiger partial charge in [0.15, 0.2) is 0 Å². The van der Waals surface area contributed by atoms with E-state index in [4.69, 9.17) is 0 Å². The fourth-order valence-corrected chi connectivity index (χ4v) is 3.45. The summed E-state index contributed by atoms with van der Waals surface area (Å²) >= 11 is 1.69. The number of hydrogen-bond donors (Lipinski definition) is 1. The van der Waals surface area contributed by atoms with Crippen LogP contribution in [0.1, 0.15) is 29.0 Å². The molecule has 4 nitrogen and oxygen atoms in total. The van der Waals surface area contributed by atoms with E-state index in [2.05, 4.69) is 21.0 Å². The standard InChI is InChI=1S/C15H24N2O2S/c1-19-15(18)11-13-5-6-14(20-13)12-16-7-4-10-17-8-2-3-9-17/h5-6,16H,2-4,7-12H2,1H3. The summed E-state index contributed by atoms with van der Waals surface area (Å²) in [6.07, 6.45) is 4.33. The van der Waals surface area contributed by atoms with Crippen molar-refractivity contribution < 1.29 is 9.53 Å². The van der Waals surface area contributed by atoms with E-state index in [-0.39, 0.29) is 5.97 Å². The van der Waals surface area contributed by atoms with Gasteiger partial charge in [-0.3, -0.25) is 4.79 Å². The van der Waals surface area contributed by atoms with Crippen LogP contribution >= 0.6 is 11.3 Å². The lowest BCUT2D eigenvalue weighted by Gasteiger charge is -2.14. The van der Waals surface area contributed by atoms with Gasteiger partial charge in [-0.2, -0.15) is 0 Å². The highest BCUT2D eigenvalue weighted by Crippen LogP contribution is 2.17. The van der Waals surface area contributed by atoms with Crippen molar-refractivity contribution >= 4 is 17.3 Å². The number of carbonyl (C=O) groups is 1. The van der Waals surface area contributed by atoms with Crippen LogP contribution < -0.4 is 5.32 Å². The molecule has 0 amide bonds. The molecule has 1 aromatic rings. The molecule has 2 heterocycles. The maximum absolute atomic E-state index is 11.2. The summed E-state index contributed by atoms with van der Waals surface area (Å²) < 4.78 is 4.67. The van der Waals surface area contributed by atoms with Gasteiger partial charge in [-0.25, -0.2) is 0 Å². The number of hydrogen-bond acceptors (Lipinski definition) is 5. The van der Waals surface area contributed by atoms with Gasteiger partial charge in [-0.05, 0) is 57.6 Å². The zero-order valence-corrected chi connectivity index (χ0v) is 13.0. The zero-order chi connectivity index (χ0) is 14.2. The first kappa shape index (κ1) is 15.5. The van der Waals surface area contributed by atoms with Crippen LogP contribution in [-0.2, 0) is 22.5 Å². The normalized spacial score (nSPS) is 15.7. The number of esters is 1. The van der Waals surface area contributed by atoms with Gasteiger partial charge in [-0.1, -0.05) is 0 Å². The van der Waals surface area contributed by atoms with Crippen molar-refractivity contribution in [3.63, 3.8) is 0 Å². The lowest BCUT2D eigenvalue weighted by molar-refractivity contribution is -0.139. The number of nitrogens with zero attached hydrogens (tertiary/aromatic N) is 1. The van der Waals surface area contributed by atoms with E-state index in [0.717, 1.165) is 18.0 Å². The summed E-state index contributed by atoms with van der Waals surface area (Å²) in [5.74, 6) is -0.169. The Morgan fingerprint density at radius 3 is 2.85 bits per heavy atom. The minimum Gasteiger partial charge on any atom is -0.469 e. The average Bonchev–Trinajstić information content (AvgIpc) is 3.10. The average molecular weight is 296 g/mol. The lowest BCUT2D eigenvalue weighted by atomic mass is 10.3. The van der Waals surface area contributed by atoms with E-state index in [1.54, 1.807) is 11.3 Å². The summed E-state index contributed by atoms with van der Waals surface area (Å²) in [6, 6.07) is 4.11. The Morgan fingerprint density at radius 1 is 1.35 bits per heavy atom. The van der Waals surface area contributed by atoms with Crippen molar-refractivity contribution in [2.45, 2.75) is 32.2 Å². The highest BCUT2D eigenvalue weighted by Gasteiger charge is 2.10. The molecule has 1 fully saturated rings. The molecule has 1 aromatic heterocycles. The van der Waals surface area contributed by atoms with E-state index in [1.807, 2.05) is 6.07 Å². The minimum atomic E-state index is -0.169. The second-order valence-electron chi connectivity index (χ2n) is 5.20. The SMILES string of the molecule is COC(=O)Cc1ccc(CNCCCN2CCCC2)s1. The third-order valence-electron chi connectivity index (χ3n) is 3.59. The molecule has 0 unspecified atom stereocenters. The van der Waals surface area contributed by atoms with Gasteiger partial charge in [0.2, 0.25) is 0 Å². The molecule has 0 radical (unpaired) electrons. The van der Waals surface area contributed by atoms with E-state index in [9.17, 15) is 4.79 Å². The Labute approximate surface area is 125 Å². The second-order valence-corrected chi connectivity index (χ2v) is 6.45. The van der Waals surface area contributed by atoms with Crippen molar-refractivity contribution in [2.75, 3.05) is 33.3 Å². The summed E-state index contributed by atoms with van der Waals surface area (Å²) in [5.41, 5.74) is 0. The molecular weight excluding hydrogens is 272 g/mol. The van der Waals surface area contributed by atoms with Gasteiger partial charge < -0.3 is 15.0 Å². The van der Waals surface area contributed by atoms with Gasteiger partial charge in [0.05, 0.1) is 13.5 Å². The third kappa shape index (κ3) is 5.23. The molecule has 0 bridgehead atoms. The van der Waals surface area contributed by atoms with Gasteiger partial charge in [-0.15, -0.1) is 11.3 Å². The minimum absolute atomic E-state index is 0.169. The maximum atomic E-state index is 11.2. The van der Waals surface area contributed by atoms with Crippen LogP contribution in [-0.4, -0.2) is 44.2 Å². The maximum Gasteiger partial charge on any atom is 0.310 e. The van der Waals surface area contributed by atoms with E-state index < -0.39 is 0 Å². The second kappa shape index (κ2) is 8.39. The summed E-state index contributed by atoms with van der Waals surface area (Å²) in [6.45, 7) is 5.72. The topological polar surface area (TPSA) is 41.6 Å². The van der Waals surface area contributed by atoms with Crippen molar-refractivity contribution in [3.8, 4) is 0 Å². The molecule has 0 spiro atoms.